The highest BCUT2D eigenvalue weighted by atomic mass is 32.2. The van der Waals surface area contributed by atoms with E-state index in [-0.39, 0.29) is 17.1 Å². The van der Waals surface area contributed by atoms with E-state index in [4.69, 9.17) is 5.73 Å². The fourth-order valence-corrected chi connectivity index (χ4v) is 4.27. The predicted octanol–water partition coefficient (Wildman–Crippen LogP) is 2.59. The minimum atomic E-state index is -3.90. The zero-order valence-corrected chi connectivity index (χ0v) is 12.1. The summed E-state index contributed by atoms with van der Waals surface area (Å²) in [5.41, 5.74) is 5.30. The molecule has 0 aliphatic rings. The van der Waals surface area contributed by atoms with E-state index in [9.17, 15) is 17.2 Å². The lowest BCUT2D eigenvalue weighted by Gasteiger charge is -2.07. The fourth-order valence-electron chi connectivity index (χ4n) is 1.71. The summed E-state index contributed by atoms with van der Waals surface area (Å²) in [4.78, 5) is 1.34. The van der Waals surface area contributed by atoms with Gasteiger partial charge in [0.15, 0.2) is 0 Å². The van der Waals surface area contributed by atoms with Gasteiger partial charge in [0, 0.05) is 22.4 Å². The van der Waals surface area contributed by atoms with Crippen LogP contribution in [0.15, 0.2) is 29.2 Å². The van der Waals surface area contributed by atoms with Crippen molar-refractivity contribution in [1.29, 1.82) is 0 Å². The number of nitrogens with two attached hydrogens (primary N) is 1. The number of aryl methyl sites for hydroxylation is 1. The van der Waals surface area contributed by atoms with Gasteiger partial charge in [-0.1, -0.05) is 0 Å². The van der Waals surface area contributed by atoms with Gasteiger partial charge in [-0.15, -0.1) is 11.3 Å². The summed E-state index contributed by atoms with van der Waals surface area (Å²) in [5.74, 6) is -1.71. The molecule has 4 nitrogen and oxygen atoms in total. The molecule has 8 heteroatoms. The van der Waals surface area contributed by atoms with Crippen molar-refractivity contribution in [2.75, 3.05) is 4.72 Å². The fraction of sp³-hybridized carbons (Fsp3) is 0.167. The Balaban J connectivity index is 2.37. The van der Waals surface area contributed by atoms with Crippen LogP contribution in [-0.2, 0) is 16.6 Å². The molecular weight excluding hydrogens is 306 g/mol. The highest BCUT2D eigenvalue weighted by Crippen LogP contribution is 2.27. The topological polar surface area (TPSA) is 72.2 Å². The first-order valence-corrected chi connectivity index (χ1v) is 7.90. The van der Waals surface area contributed by atoms with Crippen molar-refractivity contribution in [3.05, 3.63) is 45.7 Å². The molecule has 0 aliphatic carbocycles. The molecule has 2 rings (SSSR count). The predicted molar refractivity (Wildman–Crippen MR) is 74.1 cm³/mol. The van der Waals surface area contributed by atoms with Crippen LogP contribution in [0.3, 0.4) is 0 Å². The molecule has 1 heterocycles. The van der Waals surface area contributed by atoms with Crippen LogP contribution in [-0.4, -0.2) is 8.42 Å². The summed E-state index contributed by atoms with van der Waals surface area (Å²) >= 11 is 1.27. The second-order valence-corrected chi connectivity index (χ2v) is 7.09. The van der Waals surface area contributed by atoms with Crippen LogP contribution in [0.1, 0.15) is 9.75 Å². The molecule has 1 aromatic heterocycles. The highest BCUT2D eigenvalue weighted by molar-refractivity contribution is 7.93. The van der Waals surface area contributed by atoms with E-state index in [1.54, 1.807) is 6.92 Å². The van der Waals surface area contributed by atoms with Gasteiger partial charge in [0.1, 0.15) is 16.5 Å². The number of hydrogen-bond donors (Lipinski definition) is 2. The third kappa shape index (κ3) is 3.14. The Morgan fingerprint density at radius 2 is 1.80 bits per heavy atom. The van der Waals surface area contributed by atoms with Gasteiger partial charge in [0.25, 0.3) is 10.0 Å². The number of benzene rings is 1. The molecule has 0 spiro atoms. The molecule has 0 amide bonds. The number of sulfonamides is 1. The van der Waals surface area contributed by atoms with E-state index in [1.165, 1.54) is 17.4 Å². The van der Waals surface area contributed by atoms with Crippen molar-refractivity contribution in [3.8, 4) is 0 Å². The summed E-state index contributed by atoms with van der Waals surface area (Å²) < 4.78 is 52.6. The normalized spacial score (nSPS) is 11.6. The van der Waals surface area contributed by atoms with Gasteiger partial charge in [-0.05, 0) is 25.1 Å². The first kappa shape index (κ1) is 14.9. The van der Waals surface area contributed by atoms with Crippen molar-refractivity contribution < 1.29 is 17.2 Å². The molecule has 0 saturated carbocycles. The van der Waals surface area contributed by atoms with E-state index in [1.807, 2.05) is 0 Å². The Morgan fingerprint density at radius 1 is 1.20 bits per heavy atom. The van der Waals surface area contributed by atoms with Crippen molar-refractivity contribution in [2.45, 2.75) is 18.4 Å². The summed E-state index contributed by atoms with van der Waals surface area (Å²) in [5, 5.41) is 0. The molecule has 0 saturated heterocycles. The molecule has 2 aromatic rings. The van der Waals surface area contributed by atoms with Gasteiger partial charge in [-0.25, -0.2) is 17.2 Å². The average molecular weight is 318 g/mol. The van der Waals surface area contributed by atoms with Crippen LogP contribution in [0, 0.1) is 18.6 Å². The van der Waals surface area contributed by atoms with Gasteiger partial charge in [-0.2, -0.15) is 0 Å². The highest BCUT2D eigenvalue weighted by Gasteiger charge is 2.20. The first-order valence-electron chi connectivity index (χ1n) is 5.60. The molecule has 108 valence electrons. The van der Waals surface area contributed by atoms with Crippen LogP contribution >= 0.6 is 11.3 Å². The first-order chi connectivity index (χ1) is 9.31. The standard InChI is InChI=1S/C12H12F2N2O2S2/c1-7-12(5-11(6-15)19-7)20(17,18)16-10-3-8(13)2-9(14)4-10/h2-5,16H,6,15H2,1H3. The molecule has 0 radical (unpaired) electrons. The van der Waals surface area contributed by atoms with Crippen LogP contribution in [0.25, 0.3) is 0 Å². The third-order valence-corrected chi connectivity index (χ3v) is 5.24. The molecule has 1 aromatic carbocycles. The number of thiophene rings is 1. The molecular formula is C12H12F2N2O2S2. The number of halogens is 2. The lowest BCUT2D eigenvalue weighted by molar-refractivity contribution is 0.584. The van der Waals surface area contributed by atoms with Gasteiger partial charge < -0.3 is 5.73 Å². The van der Waals surface area contributed by atoms with Gasteiger partial charge in [0.05, 0.1) is 5.69 Å². The molecule has 3 N–H and O–H groups in total. The van der Waals surface area contributed by atoms with Gasteiger partial charge in [0.2, 0.25) is 0 Å². The summed E-state index contributed by atoms with van der Waals surface area (Å²) in [7, 11) is -3.90. The number of rotatable bonds is 4. The van der Waals surface area contributed by atoms with Crippen LogP contribution in [0.4, 0.5) is 14.5 Å². The van der Waals surface area contributed by atoms with Crippen molar-refractivity contribution in [2.24, 2.45) is 5.73 Å². The smallest absolute Gasteiger partial charge is 0.263 e. The maximum Gasteiger partial charge on any atom is 0.263 e. The Hall–Kier alpha value is -1.51. The lowest BCUT2D eigenvalue weighted by Crippen LogP contribution is -2.13. The second-order valence-electron chi connectivity index (χ2n) is 4.10. The maximum absolute atomic E-state index is 13.1. The van der Waals surface area contributed by atoms with Crippen molar-refractivity contribution in [3.63, 3.8) is 0 Å². The average Bonchev–Trinajstić information content (AvgIpc) is 2.69. The Labute approximate surface area is 119 Å². The van der Waals surface area contributed by atoms with Gasteiger partial charge in [-0.3, -0.25) is 4.72 Å². The van der Waals surface area contributed by atoms with Crippen LogP contribution < -0.4 is 10.5 Å². The SMILES string of the molecule is Cc1sc(CN)cc1S(=O)(=O)Nc1cc(F)cc(F)c1. The number of nitrogens with one attached hydrogen (secondary N) is 1. The molecule has 0 aliphatic heterocycles. The molecule has 0 bridgehead atoms. The lowest BCUT2D eigenvalue weighted by atomic mass is 10.3. The molecule has 0 atom stereocenters. The largest absolute Gasteiger partial charge is 0.326 e. The molecule has 20 heavy (non-hydrogen) atoms. The Kier molecular flexibility index (Phi) is 4.07. The Bertz CT molecular complexity index is 722. The summed E-state index contributed by atoms with van der Waals surface area (Å²) in [6.45, 7) is 1.88. The second kappa shape index (κ2) is 5.47. The maximum atomic E-state index is 13.1. The van der Waals surface area contributed by atoms with Gasteiger partial charge >= 0.3 is 0 Å². The minimum Gasteiger partial charge on any atom is -0.326 e. The van der Waals surface area contributed by atoms with E-state index in [0.29, 0.717) is 15.8 Å². The minimum absolute atomic E-state index is 0.0626. The zero-order valence-electron chi connectivity index (χ0n) is 10.5. The van der Waals surface area contributed by atoms with Crippen molar-refractivity contribution >= 4 is 27.0 Å². The van der Waals surface area contributed by atoms with Crippen LogP contribution in [0.2, 0.25) is 0 Å². The molecule has 0 unspecified atom stereocenters. The van der Waals surface area contributed by atoms with E-state index >= 15 is 0 Å². The quantitative estimate of drug-likeness (QED) is 0.910. The van der Waals surface area contributed by atoms with E-state index in [2.05, 4.69) is 4.72 Å². The number of anilines is 1. The number of hydrogen-bond acceptors (Lipinski definition) is 4. The molecule has 0 fully saturated rings. The summed E-state index contributed by atoms with van der Waals surface area (Å²) in [6, 6.07) is 3.94. The van der Waals surface area contributed by atoms with E-state index in [0.717, 1.165) is 12.1 Å². The van der Waals surface area contributed by atoms with Crippen molar-refractivity contribution in [1.82, 2.24) is 0 Å². The third-order valence-electron chi connectivity index (χ3n) is 2.53. The monoisotopic (exact) mass is 318 g/mol. The van der Waals surface area contributed by atoms with Crippen LogP contribution in [0.5, 0.6) is 0 Å². The summed E-state index contributed by atoms with van der Waals surface area (Å²) in [6.07, 6.45) is 0. The Morgan fingerprint density at radius 3 is 2.30 bits per heavy atom. The zero-order chi connectivity index (χ0) is 14.9. The van der Waals surface area contributed by atoms with E-state index < -0.39 is 21.7 Å².